The van der Waals surface area contributed by atoms with Gasteiger partial charge in [-0.05, 0) is 20.8 Å². The maximum absolute atomic E-state index is 11.9. The number of hydrogen-bond acceptors (Lipinski definition) is 4. The fourth-order valence-corrected chi connectivity index (χ4v) is 1.70. The predicted molar refractivity (Wildman–Crippen MR) is 73.1 cm³/mol. The molecule has 1 aliphatic rings. The van der Waals surface area contributed by atoms with Crippen LogP contribution in [0.5, 0.6) is 0 Å². The second-order valence-corrected chi connectivity index (χ2v) is 5.82. The van der Waals surface area contributed by atoms with E-state index in [9.17, 15) is 14.4 Å². The molecule has 0 unspecified atom stereocenters. The number of hydrogen-bond donors (Lipinski definition) is 1. The summed E-state index contributed by atoms with van der Waals surface area (Å²) in [5.74, 6) is -0.277. The van der Waals surface area contributed by atoms with Crippen molar-refractivity contribution in [3.05, 3.63) is 0 Å². The number of piperazine rings is 1. The van der Waals surface area contributed by atoms with E-state index in [2.05, 4.69) is 5.32 Å². The number of nitrogens with zero attached hydrogens (tertiary/aromatic N) is 2. The zero-order valence-corrected chi connectivity index (χ0v) is 12.6. The van der Waals surface area contributed by atoms with E-state index in [0.717, 1.165) is 0 Å². The van der Waals surface area contributed by atoms with Gasteiger partial charge in [0.1, 0.15) is 5.60 Å². The Hall–Kier alpha value is -1.79. The van der Waals surface area contributed by atoms with Crippen molar-refractivity contribution < 1.29 is 19.1 Å². The van der Waals surface area contributed by atoms with E-state index in [1.807, 2.05) is 0 Å². The number of carbonyl (C=O) groups excluding carboxylic acids is 3. The van der Waals surface area contributed by atoms with Gasteiger partial charge in [-0.2, -0.15) is 0 Å². The first-order valence-electron chi connectivity index (χ1n) is 6.67. The third-order valence-corrected chi connectivity index (χ3v) is 2.76. The number of ether oxygens (including phenoxy) is 1. The van der Waals surface area contributed by atoms with Crippen molar-refractivity contribution in [3.8, 4) is 0 Å². The Kier molecular flexibility index (Phi) is 5.35. The molecule has 1 saturated heterocycles. The van der Waals surface area contributed by atoms with Crippen molar-refractivity contribution in [2.45, 2.75) is 32.8 Å². The molecule has 1 fully saturated rings. The topological polar surface area (TPSA) is 79.0 Å². The average Bonchev–Trinajstić information content (AvgIpc) is 2.33. The highest BCUT2D eigenvalue weighted by Gasteiger charge is 2.23. The Bertz CT molecular complexity index is 390. The van der Waals surface area contributed by atoms with Gasteiger partial charge in [0.05, 0.1) is 6.54 Å². The fraction of sp³-hybridized carbons (Fsp3) is 0.769. The van der Waals surface area contributed by atoms with Gasteiger partial charge in [-0.25, -0.2) is 4.79 Å². The van der Waals surface area contributed by atoms with E-state index >= 15 is 0 Å². The van der Waals surface area contributed by atoms with E-state index in [1.54, 1.807) is 27.8 Å². The van der Waals surface area contributed by atoms with Crippen LogP contribution in [0.1, 0.15) is 27.2 Å². The lowest BCUT2D eigenvalue weighted by molar-refractivity contribution is -0.138. The molecule has 114 valence electrons. The molecule has 0 atom stereocenters. The highest BCUT2D eigenvalue weighted by atomic mass is 16.6. The van der Waals surface area contributed by atoms with Crippen molar-refractivity contribution in [1.82, 2.24) is 15.1 Å². The van der Waals surface area contributed by atoms with Gasteiger partial charge >= 0.3 is 6.09 Å². The molecule has 1 heterocycles. The van der Waals surface area contributed by atoms with E-state index < -0.39 is 11.7 Å². The van der Waals surface area contributed by atoms with E-state index in [-0.39, 0.29) is 31.3 Å². The van der Waals surface area contributed by atoms with Crippen LogP contribution in [0.4, 0.5) is 4.79 Å². The lowest BCUT2D eigenvalue weighted by Gasteiger charge is -2.28. The van der Waals surface area contributed by atoms with Crippen molar-refractivity contribution in [1.29, 1.82) is 0 Å². The van der Waals surface area contributed by atoms with Crippen molar-refractivity contribution in [3.63, 3.8) is 0 Å². The first-order valence-corrected chi connectivity index (χ1v) is 6.67. The molecule has 0 aromatic carbocycles. The third-order valence-electron chi connectivity index (χ3n) is 2.76. The lowest BCUT2D eigenvalue weighted by atomic mass is 10.2. The van der Waals surface area contributed by atoms with E-state index in [4.69, 9.17) is 4.74 Å². The van der Waals surface area contributed by atoms with Gasteiger partial charge in [-0.3, -0.25) is 9.59 Å². The molecule has 7 nitrogen and oxygen atoms in total. The molecular formula is C13H23N3O4. The summed E-state index contributed by atoms with van der Waals surface area (Å²) in [5, 5.41) is 2.66. The normalized spacial score (nSPS) is 15.6. The van der Waals surface area contributed by atoms with Crippen LogP contribution in [0.2, 0.25) is 0 Å². The second kappa shape index (κ2) is 6.58. The van der Waals surface area contributed by atoms with Crippen molar-refractivity contribution in [2.24, 2.45) is 0 Å². The molecule has 7 heteroatoms. The Morgan fingerprint density at radius 2 is 2.05 bits per heavy atom. The lowest BCUT2D eigenvalue weighted by Crippen LogP contribution is -2.50. The summed E-state index contributed by atoms with van der Waals surface area (Å²) in [6, 6.07) is 0. The van der Waals surface area contributed by atoms with Gasteiger partial charge in [0.25, 0.3) is 0 Å². The maximum atomic E-state index is 11.9. The SMILES string of the molecule is CN(CCC(=O)N1CCNC(=O)C1)C(=O)OC(C)(C)C. The minimum absolute atomic E-state index is 0.0922. The monoisotopic (exact) mass is 285 g/mol. The minimum Gasteiger partial charge on any atom is -0.444 e. The molecular weight excluding hydrogens is 262 g/mol. The summed E-state index contributed by atoms with van der Waals surface area (Å²) >= 11 is 0. The summed E-state index contributed by atoms with van der Waals surface area (Å²) < 4.78 is 5.19. The number of rotatable bonds is 3. The van der Waals surface area contributed by atoms with Crippen LogP contribution in [0.3, 0.4) is 0 Å². The first-order chi connectivity index (χ1) is 9.19. The van der Waals surface area contributed by atoms with Crippen LogP contribution in [-0.4, -0.2) is 66.5 Å². The molecule has 0 bridgehead atoms. The number of nitrogens with one attached hydrogen (secondary N) is 1. The summed E-state index contributed by atoms with van der Waals surface area (Å²) in [7, 11) is 1.59. The highest BCUT2D eigenvalue weighted by Crippen LogP contribution is 2.09. The number of carbonyl (C=O) groups is 3. The number of amides is 3. The molecule has 0 aliphatic carbocycles. The molecule has 1 N–H and O–H groups in total. The Morgan fingerprint density at radius 1 is 1.40 bits per heavy atom. The van der Waals surface area contributed by atoms with Crippen molar-refractivity contribution >= 4 is 17.9 Å². The van der Waals surface area contributed by atoms with Gasteiger partial charge in [0.2, 0.25) is 11.8 Å². The molecule has 0 aromatic heterocycles. The largest absolute Gasteiger partial charge is 0.444 e. The standard InChI is InChI=1S/C13H23N3O4/c1-13(2,3)20-12(19)15(4)7-5-11(18)16-8-6-14-10(17)9-16/h5-9H2,1-4H3,(H,14,17). The Morgan fingerprint density at radius 3 is 2.60 bits per heavy atom. The molecule has 0 radical (unpaired) electrons. The van der Waals surface area contributed by atoms with Crippen LogP contribution in [0, 0.1) is 0 Å². The second-order valence-electron chi connectivity index (χ2n) is 5.82. The smallest absolute Gasteiger partial charge is 0.410 e. The zero-order valence-electron chi connectivity index (χ0n) is 12.6. The van der Waals surface area contributed by atoms with E-state index in [0.29, 0.717) is 13.1 Å². The minimum atomic E-state index is -0.555. The molecule has 3 amide bonds. The molecule has 0 saturated carbocycles. The van der Waals surface area contributed by atoms with Gasteiger partial charge in [-0.1, -0.05) is 0 Å². The van der Waals surface area contributed by atoms with Gasteiger partial charge < -0.3 is 19.9 Å². The maximum Gasteiger partial charge on any atom is 0.410 e. The van der Waals surface area contributed by atoms with Crippen molar-refractivity contribution in [2.75, 3.05) is 33.2 Å². The fourth-order valence-electron chi connectivity index (χ4n) is 1.70. The molecule has 0 spiro atoms. The first kappa shape index (κ1) is 16.3. The predicted octanol–water partition coefficient (Wildman–Crippen LogP) is 0.202. The molecule has 20 heavy (non-hydrogen) atoms. The van der Waals surface area contributed by atoms with Crippen LogP contribution in [-0.2, 0) is 14.3 Å². The van der Waals surface area contributed by atoms with Crippen LogP contribution in [0.15, 0.2) is 0 Å². The Labute approximate surface area is 119 Å². The van der Waals surface area contributed by atoms with Gasteiger partial charge in [-0.15, -0.1) is 0 Å². The Balaban J connectivity index is 2.36. The zero-order chi connectivity index (χ0) is 15.3. The molecule has 0 aromatic rings. The molecule has 1 rings (SSSR count). The van der Waals surface area contributed by atoms with Gasteiger partial charge in [0.15, 0.2) is 0 Å². The summed E-state index contributed by atoms with van der Waals surface area (Å²) in [4.78, 5) is 37.7. The summed E-state index contributed by atoms with van der Waals surface area (Å²) in [6.07, 6.45) is -0.273. The summed E-state index contributed by atoms with van der Waals surface area (Å²) in [5.41, 5.74) is -0.555. The third kappa shape index (κ3) is 5.46. The van der Waals surface area contributed by atoms with Crippen LogP contribution in [0.25, 0.3) is 0 Å². The quantitative estimate of drug-likeness (QED) is 0.803. The average molecular weight is 285 g/mol. The van der Waals surface area contributed by atoms with Crippen LogP contribution < -0.4 is 5.32 Å². The highest BCUT2D eigenvalue weighted by molar-refractivity contribution is 5.86. The van der Waals surface area contributed by atoms with E-state index in [1.165, 1.54) is 9.80 Å². The van der Waals surface area contributed by atoms with Crippen LogP contribution >= 0.6 is 0 Å². The van der Waals surface area contributed by atoms with Gasteiger partial charge in [0, 0.05) is 33.1 Å². The molecule has 1 aliphatic heterocycles. The summed E-state index contributed by atoms with van der Waals surface area (Å²) in [6.45, 7) is 6.72.